The smallest absolute Gasteiger partial charge is 0.249 e. The highest BCUT2D eigenvalue weighted by Crippen LogP contribution is 2.26. The van der Waals surface area contributed by atoms with Gasteiger partial charge in [0.1, 0.15) is 17.4 Å². The molecule has 0 aliphatic heterocycles. The number of pyridine rings is 1. The van der Waals surface area contributed by atoms with Crippen LogP contribution < -0.4 is 15.8 Å². The molecule has 7 nitrogen and oxygen atoms in total. The zero-order valence-electron chi connectivity index (χ0n) is 21.1. The van der Waals surface area contributed by atoms with Crippen molar-refractivity contribution in [3.8, 4) is 11.5 Å². The van der Waals surface area contributed by atoms with Gasteiger partial charge in [0.15, 0.2) is 0 Å². The van der Waals surface area contributed by atoms with E-state index >= 15 is 0 Å². The van der Waals surface area contributed by atoms with Crippen LogP contribution in [0.2, 0.25) is 0 Å². The lowest BCUT2D eigenvalue weighted by Crippen LogP contribution is -2.26. The number of fused-ring (bicyclic) bond motifs is 1. The quantitative estimate of drug-likeness (QED) is 0.234. The first kappa shape index (κ1) is 25.6. The fraction of sp³-hybridized carbons (Fsp3) is 0.0938. The third-order valence-corrected chi connectivity index (χ3v) is 6.17. The summed E-state index contributed by atoms with van der Waals surface area (Å²) in [4.78, 5) is 30.5. The van der Waals surface area contributed by atoms with Gasteiger partial charge in [0.2, 0.25) is 11.8 Å². The van der Waals surface area contributed by atoms with Crippen molar-refractivity contribution in [2.24, 2.45) is 5.73 Å². The second-order valence-corrected chi connectivity index (χ2v) is 8.96. The van der Waals surface area contributed by atoms with Crippen LogP contribution in [0.4, 0.5) is 5.69 Å². The molecule has 0 aliphatic carbocycles. The Labute approximate surface area is 226 Å². The largest absolute Gasteiger partial charge is 0.457 e. The van der Waals surface area contributed by atoms with E-state index in [0.717, 1.165) is 11.3 Å². The number of aromatic nitrogens is 1. The van der Waals surface area contributed by atoms with Gasteiger partial charge in [-0.2, -0.15) is 0 Å². The average molecular weight is 518 g/mol. The number of carbonyl (C=O) groups excluding carboxylic acids is 2. The number of nitrogens with two attached hydrogens (primary N) is 1. The molecule has 1 heterocycles. The summed E-state index contributed by atoms with van der Waals surface area (Å²) in [6.07, 6.45) is 0. The summed E-state index contributed by atoms with van der Waals surface area (Å²) in [5.74, 6) is -0.343. The predicted octanol–water partition coefficient (Wildman–Crippen LogP) is 6.07. The molecule has 39 heavy (non-hydrogen) atoms. The van der Waals surface area contributed by atoms with Gasteiger partial charge in [0, 0.05) is 11.1 Å². The fourth-order valence-electron chi connectivity index (χ4n) is 4.20. The van der Waals surface area contributed by atoms with Crippen molar-refractivity contribution in [1.29, 1.82) is 0 Å². The van der Waals surface area contributed by atoms with Crippen molar-refractivity contribution in [1.82, 2.24) is 4.98 Å². The summed E-state index contributed by atoms with van der Waals surface area (Å²) in [5, 5.41) is 3.58. The summed E-state index contributed by atoms with van der Waals surface area (Å²) in [6, 6.07) is 35.0. The van der Waals surface area contributed by atoms with Crippen molar-refractivity contribution in [2.75, 3.05) is 11.9 Å². The van der Waals surface area contributed by atoms with Crippen molar-refractivity contribution >= 4 is 28.4 Å². The summed E-state index contributed by atoms with van der Waals surface area (Å²) < 4.78 is 11.8. The Morgan fingerprint density at radius 3 is 2.15 bits per heavy atom. The lowest BCUT2D eigenvalue weighted by Gasteiger charge is -2.18. The van der Waals surface area contributed by atoms with Gasteiger partial charge < -0.3 is 20.5 Å². The Bertz CT molecular complexity index is 1570. The molecule has 1 aromatic heterocycles. The molecule has 0 fully saturated rings. The van der Waals surface area contributed by atoms with Crippen LogP contribution in [0.25, 0.3) is 10.9 Å². The third-order valence-electron chi connectivity index (χ3n) is 6.17. The number of carbonyl (C=O) groups is 2. The Morgan fingerprint density at radius 2 is 1.44 bits per heavy atom. The lowest BCUT2D eigenvalue weighted by molar-refractivity contribution is -0.119. The Kier molecular flexibility index (Phi) is 7.90. The number of amides is 2. The number of primary amides is 1. The standard InChI is InChI=1S/C32H27N3O4/c33-31(36)27-19-30(35-29-14-8-7-13-26(27)29)28(21-38-20-22-9-3-1-4-10-22)32(37)34-23-15-17-25(18-16-23)39-24-11-5-2-6-12-24/h1-19,28H,20-21H2,(H2,33,36)(H,34,37). The van der Waals surface area contributed by atoms with Crippen LogP contribution in [0, 0.1) is 0 Å². The van der Waals surface area contributed by atoms with Gasteiger partial charge in [-0.15, -0.1) is 0 Å². The molecule has 7 heteroatoms. The highest BCUT2D eigenvalue weighted by Gasteiger charge is 2.25. The molecule has 0 saturated heterocycles. The van der Waals surface area contributed by atoms with Crippen molar-refractivity contribution < 1.29 is 19.1 Å². The van der Waals surface area contributed by atoms with E-state index in [9.17, 15) is 9.59 Å². The Balaban J connectivity index is 1.38. The van der Waals surface area contributed by atoms with Crippen LogP contribution in [-0.4, -0.2) is 23.4 Å². The second-order valence-electron chi connectivity index (χ2n) is 8.96. The number of hydrogen-bond acceptors (Lipinski definition) is 5. The van der Waals surface area contributed by atoms with Crippen LogP contribution in [0.3, 0.4) is 0 Å². The van der Waals surface area contributed by atoms with Gasteiger partial charge in [-0.25, -0.2) is 0 Å². The number of rotatable bonds is 10. The maximum atomic E-state index is 13.6. The topological polar surface area (TPSA) is 104 Å². The van der Waals surface area contributed by atoms with E-state index in [1.165, 1.54) is 0 Å². The molecule has 5 aromatic rings. The Hall–Kier alpha value is -5.01. The van der Waals surface area contributed by atoms with Crippen LogP contribution in [0.15, 0.2) is 115 Å². The molecule has 0 radical (unpaired) electrons. The molecule has 5 rings (SSSR count). The molecule has 1 atom stereocenters. The number of para-hydroxylation sites is 2. The summed E-state index contributed by atoms with van der Waals surface area (Å²) in [6.45, 7) is 0.381. The van der Waals surface area contributed by atoms with E-state index in [0.29, 0.717) is 40.2 Å². The molecule has 0 spiro atoms. The number of nitrogens with one attached hydrogen (secondary N) is 1. The Morgan fingerprint density at radius 1 is 0.795 bits per heavy atom. The summed E-state index contributed by atoms with van der Waals surface area (Å²) in [5.41, 5.74) is 8.53. The third kappa shape index (κ3) is 6.47. The molecular weight excluding hydrogens is 490 g/mol. The van der Waals surface area contributed by atoms with Crippen molar-refractivity contribution in [3.05, 3.63) is 132 Å². The normalized spacial score (nSPS) is 11.6. The lowest BCUT2D eigenvalue weighted by atomic mass is 9.99. The van der Waals surface area contributed by atoms with Crippen LogP contribution in [0.1, 0.15) is 27.5 Å². The van der Waals surface area contributed by atoms with Gasteiger partial charge in [0.05, 0.1) is 30.0 Å². The van der Waals surface area contributed by atoms with Gasteiger partial charge in [-0.05, 0) is 54.1 Å². The molecule has 3 N–H and O–H groups in total. The number of ether oxygens (including phenoxy) is 2. The minimum atomic E-state index is -0.795. The molecular formula is C32H27N3O4. The molecule has 0 aliphatic rings. The number of anilines is 1. The van der Waals surface area contributed by atoms with E-state index in [2.05, 4.69) is 5.32 Å². The van der Waals surface area contributed by atoms with Crippen molar-refractivity contribution in [2.45, 2.75) is 12.5 Å². The molecule has 0 saturated carbocycles. The van der Waals surface area contributed by atoms with Crippen LogP contribution >= 0.6 is 0 Å². The van der Waals surface area contributed by atoms with E-state index in [1.807, 2.05) is 72.8 Å². The molecule has 194 valence electrons. The zero-order valence-corrected chi connectivity index (χ0v) is 21.1. The maximum absolute atomic E-state index is 13.6. The van der Waals surface area contributed by atoms with Crippen molar-refractivity contribution in [3.63, 3.8) is 0 Å². The number of benzene rings is 4. The van der Waals surface area contributed by atoms with Crippen LogP contribution in [-0.2, 0) is 16.1 Å². The molecule has 1 unspecified atom stereocenters. The SMILES string of the molecule is NC(=O)c1cc(C(COCc2ccccc2)C(=O)Nc2ccc(Oc3ccccc3)cc2)nc2ccccc12. The predicted molar refractivity (Wildman–Crippen MR) is 151 cm³/mol. The second kappa shape index (κ2) is 12.0. The van der Waals surface area contributed by atoms with Gasteiger partial charge in [-0.1, -0.05) is 66.7 Å². The van der Waals surface area contributed by atoms with E-state index < -0.39 is 11.8 Å². The molecule has 4 aromatic carbocycles. The number of nitrogens with zero attached hydrogens (tertiary/aromatic N) is 1. The monoisotopic (exact) mass is 517 g/mol. The zero-order chi connectivity index (χ0) is 27.0. The summed E-state index contributed by atoms with van der Waals surface area (Å²) >= 11 is 0. The van der Waals surface area contributed by atoms with Gasteiger partial charge in [0.25, 0.3) is 0 Å². The fourth-order valence-corrected chi connectivity index (χ4v) is 4.20. The maximum Gasteiger partial charge on any atom is 0.249 e. The van der Waals surface area contributed by atoms with Gasteiger partial charge >= 0.3 is 0 Å². The van der Waals surface area contributed by atoms with E-state index in [1.54, 1.807) is 42.5 Å². The minimum Gasteiger partial charge on any atom is -0.457 e. The molecule has 2 amide bonds. The first-order valence-electron chi connectivity index (χ1n) is 12.5. The van der Waals surface area contributed by atoms with E-state index in [-0.39, 0.29) is 12.5 Å². The molecule has 0 bridgehead atoms. The number of hydrogen-bond donors (Lipinski definition) is 2. The van der Waals surface area contributed by atoms with E-state index in [4.69, 9.17) is 20.2 Å². The minimum absolute atomic E-state index is 0.0550. The highest BCUT2D eigenvalue weighted by atomic mass is 16.5. The van der Waals surface area contributed by atoms with Crippen LogP contribution in [0.5, 0.6) is 11.5 Å². The first-order chi connectivity index (χ1) is 19.1. The summed E-state index contributed by atoms with van der Waals surface area (Å²) in [7, 11) is 0. The average Bonchev–Trinajstić information content (AvgIpc) is 2.97. The van der Waals surface area contributed by atoms with Gasteiger partial charge in [-0.3, -0.25) is 14.6 Å². The highest BCUT2D eigenvalue weighted by molar-refractivity contribution is 6.06. The first-order valence-corrected chi connectivity index (χ1v) is 12.5.